The second kappa shape index (κ2) is 4.94. The Morgan fingerprint density at radius 1 is 1.05 bits per heavy atom. The van der Waals surface area contributed by atoms with Gasteiger partial charge in [0.05, 0.1) is 0 Å². The van der Waals surface area contributed by atoms with Crippen LogP contribution in [0.2, 0.25) is 0 Å². The quantitative estimate of drug-likeness (QED) is 0.784. The highest BCUT2D eigenvalue weighted by Crippen LogP contribution is 2.42. The van der Waals surface area contributed by atoms with Crippen LogP contribution in [0.3, 0.4) is 0 Å². The van der Waals surface area contributed by atoms with Crippen LogP contribution in [0.15, 0.2) is 24.3 Å². The molecule has 1 fully saturated rings. The first-order chi connectivity index (χ1) is 8.73. The van der Waals surface area contributed by atoms with Crippen LogP contribution in [0.25, 0.3) is 0 Å². The smallest absolute Gasteiger partial charge is 0.0438 e. The molecule has 0 radical (unpaired) electrons. The van der Waals surface area contributed by atoms with E-state index in [1.165, 1.54) is 24.0 Å². The first-order valence-corrected chi connectivity index (χ1v) is 7.63. The number of nitrogens with two attached hydrogens (primary N) is 1. The van der Waals surface area contributed by atoms with Crippen molar-refractivity contribution < 1.29 is 0 Å². The Kier molecular flexibility index (Phi) is 3.79. The van der Waals surface area contributed by atoms with Crippen LogP contribution >= 0.6 is 0 Å². The summed E-state index contributed by atoms with van der Waals surface area (Å²) in [6, 6.07) is 9.04. The average molecular weight is 259 g/mol. The molecule has 2 N–H and O–H groups in total. The van der Waals surface area contributed by atoms with Gasteiger partial charge in [0.1, 0.15) is 0 Å². The summed E-state index contributed by atoms with van der Waals surface area (Å²) in [6.07, 6.45) is 3.68. The summed E-state index contributed by atoms with van der Waals surface area (Å²) in [7, 11) is 0. The fourth-order valence-electron chi connectivity index (χ4n) is 3.35. The van der Waals surface area contributed by atoms with Crippen molar-refractivity contribution in [2.24, 2.45) is 17.6 Å². The van der Waals surface area contributed by atoms with Crippen molar-refractivity contribution in [1.29, 1.82) is 0 Å². The summed E-state index contributed by atoms with van der Waals surface area (Å²) in [5.41, 5.74) is 9.56. The minimum atomic E-state index is -0.131. The molecule has 0 bridgehead atoms. The summed E-state index contributed by atoms with van der Waals surface area (Å²) in [5, 5.41) is 0. The average Bonchev–Trinajstić information content (AvgIpc) is 2.33. The molecule has 1 heteroatoms. The lowest BCUT2D eigenvalue weighted by atomic mass is 9.67. The van der Waals surface area contributed by atoms with Gasteiger partial charge in [0.2, 0.25) is 0 Å². The van der Waals surface area contributed by atoms with Gasteiger partial charge in [-0.05, 0) is 41.2 Å². The molecule has 1 aromatic carbocycles. The number of hydrogen-bond donors (Lipinski definition) is 1. The molecule has 19 heavy (non-hydrogen) atoms. The van der Waals surface area contributed by atoms with E-state index in [1.807, 2.05) is 0 Å². The van der Waals surface area contributed by atoms with Gasteiger partial charge < -0.3 is 5.73 Å². The van der Waals surface area contributed by atoms with Crippen LogP contribution in [0, 0.1) is 11.8 Å². The van der Waals surface area contributed by atoms with E-state index >= 15 is 0 Å². The molecule has 0 spiro atoms. The molecule has 3 atom stereocenters. The SMILES string of the molecule is CC1CCC(C)C(N)(c2ccc(C(C)(C)C)cc2)C1. The van der Waals surface area contributed by atoms with Crippen molar-refractivity contribution in [1.82, 2.24) is 0 Å². The predicted octanol–water partition coefficient (Wildman–Crippen LogP) is 4.59. The van der Waals surface area contributed by atoms with Crippen molar-refractivity contribution in [2.75, 3.05) is 0 Å². The van der Waals surface area contributed by atoms with Crippen molar-refractivity contribution >= 4 is 0 Å². The highest BCUT2D eigenvalue weighted by molar-refractivity contribution is 5.32. The lowest BCUT2D eigenvalue weighted by Gasteiger charge is -2.43. The normalized spacial score (nSPS) is 32.3. The van der Waals surface area contributed by atoms with Crippen LogP contribution in [0.1, 0.15) is 65.0 Å². The van der Waals surface area contributed by atoms with E-state index in [9.17, 15) is 0 Å². The number of rotatable bonds is 1. The molecule has 2 rings (SSSR count). The minimum absolute atomic E-state index is 0.131. The third-order valence-corrected chi connectivity index (χ3v) is 4.95. The number of benzene rings is 1. The van der Waals surface area contributed by atoms with Gasteiger partial charge in [-0.2, -0.15) is 0 Å². The van der Waals surface area contributed by atoms with Gasteiger partial charge in [-0.25, -0.2) is 0 Å². The molecule has 1 aliphatic carbocycles. The molecule has 1 saturated carbocycles. The van der Waals surface area contributed by atoms with Crippen molar-refractivity contribution in [3.63, 3.8) is 0 Å². The van der Waals surface area contributed by atoms with E-state index < -0.39 is 0 Å². The molecule has 3 unspecified atom stereocenters. The van der Waals surface area contributed by atoms with Crippen LogP contribution in [-0.4, -0.2) is 0 Å². The Bertz CT molecular complexity index is 426. The Morgan fingerprint density at radius 2 is 1.63 bits per heavy atom. The first kappa shape index (κ1) is 14.6. The van der Waals surface area contributed by atoms with E-state index in [2.05, 4.69) is 58.9 Å². The Labute approximate surface area is 118 Å². The van der Waals surface area contributed by atoms with Crippen LogP contribution in [0.5, 0.6) is 0 Å². The molecule has 0 aliphatic heterocycles. The zero-order valence-electron chi connectivity index (χ0n) is 13.2. The van der Waals surface area contributed by atoms with Crippen LogP contribution in [-0.2, 0) is 11.0 Å². The van der Waals surface area contributed by atoms with Gasteiger partial charge in [0.25, 0.3) is 0 Å². The monoisotopic (exact) mass is 259 g/mol. The third-order valence-electron chi connectivity index (χ3n) is 4.95. The molecular weight excluding hydrogens is 230 g/mol. The second-order valence-corrected chi connectivity index (χ2v) is 7.66. The van der Waals surface area contributed by atoms with Gasteiger partial charge in [0, 0.05) is 5.54 Å². The Hall–Kier alpha value is -0.820. The van der Waals surface area contributed by atoms with Gasteiger partial charge in [0.15, 0.2) is 0 Å². The summed E-state index contributed by atoms with van der Waals surface area (Å²) < 4.78 is 0. The van der Waals surface area contributed by atoms with Gasteiger partial charge in [-0.3, -0.25) is 0 Å². The maximum atomic E-state index is 6.77. The topological polar surface area (TPSA) is 26.0 Å². The lowest BCUT2D eigenvalue weighted by molar-refractivity contribution is 0.162. The van der Waals surface area contributed by atoms with Gasteiger partial charge in [-0.15, -0.1) is 0 Å². The highest BCUT2D eigenvalue weighted by atomic mass is 14.8. The molecular formula is C18H29N. The first-order valence-electron chi connectivity index (χ1n) is 7.63. The third kappa shape index (κ3) is 2.86. The zero-order valence-corrected chi connectivity index (χ0v) is 13.2. The molecule has 106 valence electrons. The van der Waals surface area contributed by atoms with E-state index in [0.29, 0.717) is 5.92 Å². The zero-order chi connectivity index (χ0) is 14.3. The lowest BCUT2D eigenvalue weighted by Crippen LogP contribution is -2.47. The molecule has 0 amide bonds. The predicted molar refractivity (Wildman–Crippen MR) is 83.2 cm³/mol. The van der Waals surface area contributed by atoms with Crippen LogP contribution in [0.4, 0.5) is 0 Å². The van der Waals surface area contributed by atoms with Crippen LogP contribution < -0.4 is 5.73 Å². The summed E-state index contributed by atoms with van der Waals surface area (Å²) in [6.45, 7) is 11.4. The maximum absolute atomic E-state index is 6.77. The summed E-state index contributed by atoms with van der Waals surface area (Å²) >= 11 is 0. The summed E-state index contributed by atoms with van der Waals surface area (Å²) in [5.74, 6) is 1.31. The fraction of sp³-hybridized carbons (Fsp3) is 0.667. The highest BCUT2D eigenvalue weighted by Gasteiger charge is 2.38. The molecule has 1 nitrogen and oxygen atoms in total. The maximum Gasteiger partial charge on any atom is 0.0438 e. The Balaban J connectivity index is 2.30. The Morgan fingerprint density at radius 3 is 2.16 bits per heavy atom. The molecule has 0 saturated heterocycles. The van der Waals surface area contributed by atoms with E-state index in [4.69, 9.17) is 5.73 Å². The molecule has 1 aromatic rings. The van der Waals surface area contributed by atoms with E-state index in [-0.39, 0.29) is 11.0 Å². The largest absolute Gasteiger partial charge is 0.321 e. The second-order valence-electron chi connectivity index (χ2n) is 7.66. The van der Waals surface area contributed by atoms with Crippen molar-refractivity contribution in [3.8, 4) is 0 Å². The molecule has 0 aromatic heterocycles. The number of hydrogen-bond acceptors (Lipinski definition) is 1. The van der Waals surface area contributed by atoms with E-state index in [1.54, 1.807) is 0 Å². The van der Waals surface area contributed by atoms with Gasteiger partial charge >= 0.3 is 0 Å². The van der Waals surface area contributed by atoms with Crippen molar-refractivity contribution in [3.05, 3.63) is 35.4 Å². The fourth-order valence-corrected chi connectivity index (χ4v) is 3.35. The standard InChI is InChI=1S/C18H29N/c1-13-6-7-14(2)18(19,12-13)16-10-8-15(9-11-16)17(3,4)5/h8-11,13-14H,6-7,12,19H2,1-5H3. The molecule has 1 aliphatic rings. The summed E-state index contributed by atoms with van der Waals surface area (Å²) in [4.78, 5) is 0. The van der Waals surface area contributed by atoms with E-state index in [0.717, 1.165) is 12.3 Å². The van der Waals surface area contributed by atoms with Gasteiger partial charge in [-0.1, -0.05) is 65.3 Å². The minimum Gasteiger partial charge on any atom is -0.321 e. The molecule has 0 heterocycles. The van der Waals surface area contributed by atoms with Crippen molar-refractivity contribution in [2.45, 2.75) is 64.8 Å².